The maximum Gasteiger partial charge on any atom is 0.225 e. The highest BCUT2D eigenvalue weighted by Gasteiger charge is 2.63. The molecular weight excluding hydrogens is 342 g/mol. The Morgan fingerprint density at radius 1 is 1.41 bits per heavy atom. The first-order valence-electron chi connectivity index (χ1n) is 10.3. The van der Waals surface area contributed by atoms with Crippen molar-refractivity contribution < 1.29 is 9.53 Å². The second-order valence-corrected chi connectivity index (χ2v) is 9.16. The molecule has 3 aliphatic heterocycles. The number of ether oxygens (including phenoxy) is 1. The van der Waals surface area contributed by atoms with E-state index >= 15 is 0 Å². The fourth-order valence-corrected chi connectivity index (χ4v) is 5.98. The van der Waals surface area contributed by atoms with Gasteiger partial charge in [-0.1, -0.05) is 19.8 Å². The van der Waals surface area contributed by atoms with E-state index in [0.717, 1.165) is 51.1 Å². The molecule has 7 heteroatoms. The van der Waals surface area contributed by atoms with Gasteiger partial charge in [0.05, 0.1) is 11.7 Å². The molecule has 1 saturated carbocycles. The number of anilines is 2. The molecule has 2 bridgehead atoms. The number of hydrogen-bond donors (Lipinski definition) is 2. The van der Waals surface area contributed by atoms with Crippen LogP contribution in [0.15, 0.2) is 12.3 Å². The fraction of sp³-hybridized carbons (Fsp3) is 0.750. The van der Waals surface area contributed by atoms with Gasteiger partial charge >= 0.3 is 0 Å². The van der Waals surface area contributed by atoms with E-state index in [-0.39, 0.29) is 23.0 Å². The van der Waals surface area contributed by atoms with E-state index < -0.39 is 0 Å². The molecule has 1 aromatic heterocycles. The SMILES string of the molecule is CC1(C(=O)NC[C@H]2[C@H]3CN(c4ccnc(N)n4)C[C@]34CC[C@H]2O4)CCCC1. The highest BCUT2D eigenvalue weighted by molar-refractivity contribution is 5.82. The summed E-state index contributed by atoms with van der Waals surface area (Å²) in [5.41, 5.74) is 5.51. The quantitative estimate of drug-likeness (QED) is 0.837. The van der Waals surface area contributed by atoms with Gasteiger partial charge < -0.3 is 20.7 Å². The van der Waals surface area contributed by atoms with E-state index in [9.17, 15) is 4.79 Å². The van der Waals surface area contributed by atoms with Crippen LogP contribution < -0.4 is 16.0 Å². The summed E-state index contributed by atoms with van der Waals surface area (Å²) in [6.07, 6.45) is 8.55. The molecule has 3 saturated heterocycles. The monoisotopic (exact) mass is 371 g/mol. The summed E-state index contributed by atoms with van der Waals surface area (Å²) >= 11 is 0. The van der Waals surface area contributed by atoms with Crippen molar-refractivity contribution in [3.05, 3.63) is 12.3 Å². The van der Waals surface area contributed by atoms with Crippen LogP contribution >= 0.6 is 0 Å². The number of nitrogens with one attached hydrogen (secondary N) is 1. The summed E-state index contributed by atoms with van der Waals surface area (Å²) in [7, 11) is 0. The van der Waals surface area contributed by atoms with Crippen LogP contribution in [0, 0.1) is 17.3 Å². The highest BCUT2D eigenvalue weighted by Crippen LogP contribution is 2.55. The van der Waals surface area contributed by atoms with Gasteiger partial charge in [0.25, 0.3) is 0 Å². The summed E-state index contributed by atoms with van der Waals surface area (Å²) in [5, 5.41) is 3.28. The van der Waals surface area contributed by atoms with Crippen molar-refractivity contribution in [3.63, 3.8) is 0 Å². The zero-order chi connectivity index (χ0) is 18.6. The maximum absolute atomic E-state index is 12.8. The first kappa shape index (κ1) is 17.2. The Morgan fingerprint density at radius 3 is 3.00 bits per heavy atom. The maximum atomic E-state index is 12.8. The number of nitrogens with two attached hydrogens (primary N) is 1. The second-order valence-electron chi connectivity index (χ2n) is 9.16. The number of hydrogen-bond acceptors (Lipinski definition) is 6. The molecule has 1 aliphatic carbocycles. The van der Waals surface area contributed by atoms with Gasteiger partial charge in [-0.05, 0) is 31.7 Å². The van der Waals surface area contributed by atoms with Crippen LogP contribution in [0.2, 0.25) is 0 Å². The summed E-state index contributed by atoms with van der Waals surface area (Å²) in [5.74, 6) is 2.23. The summed E-state index contributed by atoms with van der Waals surface area (Å²) < 4.78 is 6.49. The van der Waals surface area contributed by atoms with Crippen LogP contribution in [0.5, 0.6) is 0 Å². The van der Waals surface area contributed by atoms with Crippen molar-refractivity contribution in [2.45, 2.75) is 57.2 Å². The summed E-state index contributed by atoms with van der Waals surface area (Å²) in [4.78, 5) is 23.4. The molecule has 1 aromatic rings. The predicted molar refractivity (Wildman–Crippen MR) is 102 cm³/mol. The number of aromatic nitrogens is 2. The number of amides is 1. The number of nitrogens with zero attached hydrogens (tertiary/aromatic N) is 3. The average Bonchev–Trinajstić information content (AvgIpc) is 3.40. The Morgan fingerprint density at radius 2 is 2.22 bits per heavy atom. The Bertz CT molecular complexity index is 750. The largest absolute Gasteiger partial charge is 0.369 e. The molecule has 146 valence electrons. The normalized spacial score (nSPS) is 36.2. The minimum atomic E-state index is -0.170. The fourth-order valence-electron chi connectivity index (χ4n) is 5.98. The van der Waals surface area contributed by atoms with E-state index in [2.05, 4.69) is 27.1 Å². The Hall–Kier alpha value is -1.89. The third-order valence-electron chi connectivity index (χ3n) is 7.52. The van der Waals surface area contributed by atoms with Crippen LogP contribution in [-0.4, -0.2) is 47.2 Å². The lowest BCUT2D eigenvalue weighted by molar-refractivity contribution is -0.130. The first-order valence-corrected chi connectivity index (χ1v) is 10.3. The molecule has 27 heavy (non-hydrogen) atoms. The van der Waals surface area contributed by atoms with Crippen LogP contribution in [0.4, 0.5) is 11.8 Å². The molecule has 1 amide bonds. The smallest absolute Gasteiger partial charge is 0.225 e. The van der Waals surface area contributed by atoms with Gasteiger partial charge in [0, 0.05) is 43.1 Å². The van der Waals surface area contributed by atoms with E-state index in [1.54, 1.807) is 6.20 Å². The van der Waals surface area contributed by atoms with Gasteiger partial charge in [0.15, 0.2) is 0 Å². The Balaban J connectivity index is 1.29. The summed E-state index contributed by atoms with van der Waals surface area (Å²) in [6, 6.07) is 1.91. The van der Waals surface area contributed by atoms with E-state index in [0.29, 0.717) is 17.8 Å². The molecule has 4 heterocycles. The molecule has 3 N–H and O–H groups in total. The minimum absolute atomic E-state index is 0.0863. The van der Waals surface area contributed by atoms with Gasteiger partial charge in [-0.25, -0.2) is 4.98 Å². The molecule has 4 atom stereocenters. The molecule has 4 aliphatic rings. The predicted octanol–water partition coefficient (Wildman–Crippen LogP) is 1.74. The van der Waals surface area contributed by atoms with E-state index in [4.69, 9.17) is 10.5 Å². The standard InChI is InChI=1S/C20H29N5O2/c1-19(6-2-3-7-19)17(26)23-10-13-14-11-25(16-5-9-22-18(21)24-16)12-20(14)8-4-15(13)27-20/h5,9,13-15H,2-4,6-8,10-12H2,1H3,(H,23,26)(H2,21,22,24)/t13-,14+,15+,20+/m0/s1. The Labute approximate surface area is 160 Å². The van der Waals surface area contributed by atoms with Gasteiger partial charge in [0.1, 0.15) is 5.82 Å². The molecule has 1 spiro atoms. The van der Waals surface area contributed by atoms with Crippen LogP contribution in [0.3, 0.4) is 0 Å². The number of rotatable bonds is 4. The van der Waals surface area contributed by atoms with Crippen molar-refractivity contribution in [2.24, 2.45) is 17.3 Å². The number of carbonyl (C=O) groups excluding carboxylic acids is 1. The van der Waals surface area contributed by atoms with E-state index in [1.165, 1.54) is 12.8 Å². The zero-order valence-electron chi connectivity index (χ0n) is 16.0. The first-order chi connectivity index (χ1) is 13.0. The van der Waals surface area contributed by atoms with Crippen LogP contribution in [0.1, 0.15) is 45.4 Å². The average molecular weight is 371 g/mol. The lowest BCUT2D eigenvalue weighted by Crippen LogP contribution is -2.45. The second kappa shape index (κ2) is 6.06. The topological polar surface area (TPSA) is 93.4 Å². The molecular formula is C20H29N5O2. The molecule has 4 fully saturated rings. The zero-order valence-corrected chi connectivity index (χ0v) is 16.0. The third-order valence-corrected chi connectivity index (χ3v) is 7.52. The van der Waals surface area contributed by atoms with Crippen molar-refractivity contribution in [1.82, 2.24) is 15.3 Å². The van der Waals surface area contributed by atoms with Crippen LogP contribution in [0.25, 0.3) is 0 Å². The third kappa shape index (κ3) is 2.70. The lowest BCUT2D eigenvalue weighted by Gasteiger charge is -2.30. The van der Waals surface area contributed by atoms with Crippen LogP contribution in [-0.2, 0) is 9.53 Å². The lowest BCUT2D eigenvalue weighted by atomic mass is 9.73. The summed E-state index contributed by atoms with van der Waals surface area (Å²) in [6.45, 7) is 4.60. The molecule has 5 rings (SSSR count). The number of nitrogen functional groups attached to an aromatic ring is 1. The molecule has 0 unspecified atom stereocenters. The van der Waals surface area contributed by atoms with Gasteiger partial charge in [0.2, 0.25) is 11.9 Å². The molecule has 0 radical (unpaired) electrons. The van der Waals surface area contributed by atoms with Crippen molar-refractivity contribution in [2.75, 3.05) is 30.3 Å². The van der Waals surface area contributed by atoms with Crippen molar-refractivity contribution in [1.29, 1.82) is 0 Å². The van der Waals surface area contributed by atoms with Gasteiger partial charge in [-0.3, -0.25) is 4.79 Å². The van der Waals surface area contributed by atoms with Gasteiger partial charge in [-0.15, -0.1) is 0 Å². The molecule has 7 nitrogen and oxygen atoms in total. The minimum Gasteiger partial charge on any atom is -0.369 e. The Kier molecular flexibility index (Phi) is 3.86. The van der Waals surface area contributed by atoms with Gasteiger partial charge in [-0.2, -0.15) is 4.98 Å². The molecule has 0 aromatic carbocycles. The van der Waals surface area contributed by atoms with Crippen molar-refractivity contribution >= 4 is 17.7 Å². The highest BCUT2D eigenvalue weighted by atomic mass is 16.5. The number of fused-ring (bicyclic) bond motifs is 1. The number of carbonyl (C=O) groups is 1. The van der Waals surface area contributed by atoms with Crippen molar-refractivity contribution in [3.8, 4) is 0 Å². The van der Waals surface area contributed by atoms with E-state index in [1.807, 2.05) is 6.07 Å².